The molecule has 0 unspecified atom stereocenters. The zero-order valence-electron chi connectivity index (χ0n) is 8.04. The van der Waals surface area contributed by atoms with Crippen molar-refractivity contribution >= 4 is 22.2 Å². The van der Waals surface area contributed by atoms with Crippen molar-refractivity contribution < 1.29 is 4.79 Å². The van der Waals surface area contributed by atoms with Gasteiger partial charge in [-0.2, -0.15) is 0 Å². The van der Waals surface area contributed by atoms with Crippen molar-refractivity contribution in [2.24, 2.45) is 0 Å². The number of aromatic nitrogens is 1. The molecule has 14 heavy (non-hydrogen) atoms. The number of thiazole rings is 1. The number of anilines is 1. The standard InChI is InChI=1S/C9H13N3OS/c1-6-9(14-5-11-6)12-8(13)7-3-2-4-10-7/h5,7,10H,2-4H2,1H3,(H,12,13)/t7-/m0/s1. The van der Waals surface area contributed by atoms with E-state index in [0.29, 0.717) is 0 Å². The average molecular weight is 211 g/mol. The molecule has 0 aliphatic carbocycles. The average Bonchev–Trinajstić information content (AvgIpc) is 2.77. The summed E-state index contributed by atoms with van der Waals surface area (Å²) < 4.78 is 0. The van der Waals surface area contributed by atoms with Gasteiger partial charge >= 0.3 is 0 Å². The van der Waals surface area contributed by atoms with Gasteiger partial charge in [-0.3, -0.25) is 4.79 Å². The third-order valence-electron chi connectivity index (χ3n) is 2.36. The van der Waals surface area contributed by atoms with Crippen LogP contribution in [0.1, 0.15) is 18.5 Å². The fourth-order valence-electron chi connectivity index (χ4n) is 1.53. The molecule has 0 aromatic carbocycles. The molecule has 1 aromatic rings. The second-order valence-corrected chi connectivity index (χ2v) is 4.26. The van der Waals surface area contributed by atoms with Crippen LogP contribution in [0.2, 0.25) is 0 Å². The van der Waals surface area contributed by atoms with E-state index in [1.807, 2.05) is 6.92 Å². The number of nitrogens with one attached hydrogen (secondary N) is 2. The van der Waals surface area contributed by atoms with Crippen molar-refractivity contribution in [3.05, 3.63) is 11.2 Å². The largest absolute Gasteiger partial charge is 0.315 e. The molecule has 2 heterocycles. The molecular formula is C9H13N3OS. The number of rotatable bonds is 2. The predicted molar refractivity (Wildman–Crippen MR) is 56.5 cm³/mol. The Morgan fingerprint density at radius 3 is 3.21 bits per heavy atom. The summed E-state index contributed by atoms with van der Waals surface area (Å²) in [7, 11) is 0. The van der Waals surface area contributed by atoms with Crippen LogP contribution in [0, 0.1) is 6.92 Å². The lowest BCUT2D eigenvalue weighted by molar-refractivity contribution is -0.117. The van der Waals surface area contributed by atoms with E-state index in [2.05, 4.69) is 15.6 Å². The van der Waals surface area contributed by atoms with E-state index in [1.165, 1.54) is 11.3 Å². The third-order valence-corrected chi connectivity index (χ3v) is 3.20. The number of carbonyl (C=O) groups excluding carboxylic acids is 1. The van der Waals surface area contributed by atoms with Crippen molar-refractivity contribution in [1.82, 2.24) is 10.3 Å². The zero-order chi connectivity index (χ0) is 9.97. The van der Waals surface area contributed by atoms with E-state index < -0.39 is 0 Å². The summed E-state index contributed by atoms with van der Waals surface area (Å²) in [5.41, 5.74) is 2.63. The highest BCUT2D eigenvalue weighted by molar-refractivity contribution is 7.14. The second-order valence-electron chi connectivity index (χ2n) is 3.41. The normalized spacial score (nSPS) is 21.1. The van der Waals surface area contributed by atoms with Gasteiger partial charge in [-0.25, -0.2) is 4.98 Å². The SMILES string of the molecule is Cc1ncsc1NC(=O)[C@@H]1CCCN1. The lowest BCUT2D eigenvalue weighted by atomic mass is 10.2. The number of carbonyl (C=O) groups is 1. The van der Waals surface area contributed by atoms with Crippen molar-refractivity contribution in [1.29, 1.82) is 0 Å². The molecule has 1 aliphatic heterocycles. The van der Waals surface area contributed by atoms with E-state index in [0.717, 1.165) is 30.1 Å². The summed E-state index contributed by atoms with van der Waals surface area (Å²) in [4.78, 5) is 15.7. The van der Waals surface area contributed by atoms with Crippen LogP contribution in [0.4, 0.5) is 5.00 Å². The maximum Gasteiger partial charge on any atom is 0.242 e. The minimum atomic E-state index is -0.0171. The molecule has 4 nitrogen and oxygen atoms in total. The van der Waals surface area contributed by atoms with Crippen LogP contribution in [0.3, 0.4) is 0 Å². The van der Waals surface area contributed by atoms with Gasteiger partial charge in [0.2, 0.25) is 5.91 Å². The van der Waals surface area contributed by atoms with Crippen molar-refractivity contribution in [3.8, 4) is 0 Å². The maximum atomic E-state index is 11.7. The summed E-state index contributed by atoms with van der Waals surface area (Å²) in [6, 6.07) is -0.0171. The molecule has 0 bridgehead atoms. The molecular weight excluding hydrogens is 198 g/mol. The third kappa shape index (κ3) is 1.93. The number of amides is 1. The lowest BCUT2D eigenvalue weighted by Crippen LogP contribution is -2.35. The molecule has 1 atom stereocenters. The quantitative estimate of drug-likeness (QED) is 0.771. The first-order valence-electron chi connectivity index (χ1n) is 4.71. The summed E-state index contributed by atoms with van der Waals surface area (Å²) in [6.45, 7) is 2.84. The van der Waals surface area contributed by atoms with Gasteiger partial charge in [0.15, 0.2) is 0 Å². The highest BCUT2D eigenvalue weighted by atomic mass is 32.1. The van der Waals surface area contributed by atoms with Crippen molar-refractivity contribution in [2.75, 3.05) is 11.9 Å². The molecule has 0 spiro atoms. The van der Waals surface area contributed by atoms with Gasteiger partial charge in [0.05, 0.1) is 17.2 Å². The topological polar surface area (TPSA) is 54.0 Å². The minimum Gasteiger partial charge on any atom is -0.315 e. The molecule has 76 valence electrons. The molecule has 1 saturated heterocycles. The van der Waals surface area contributed by atoms with Crippen LogP contribution >= 0.6 is 11.3 Å². The smallest absolute Gasteiger partial charge is 0.242 e. The number of hydrogen-bond donors (Lipinski definition) is 2. The molecule has 5 heteroatoms. The monoisotopic (exact) mass is 211 g/mol. The molecule has 1 aliphatic rings. The van der Waals surface area contributed by atoms with Gasteiger partial charge in [0, 0.05) is 0 Å². The van der Waals surface area contributed by atoms with Gasteiger partial charge in [-0.05, 0) is 26.3 Å². The molecule has 1 fully saturated rings. The van der Waals surface area contributed by atoms with E-state index >= 15 is 0 Å². The fraction of sp³-hybridized carbons (Fsp3) is 0.556. The summed E-state index contributed by atoms with van der Waals surface area (Å²) in [5.74, 6) is 0.0647. The summed E-state index contributed by atoms with van der Waals surface area (Å²) >= 11 is 1.47. The Morgan fingerprint density at radius 2 is 2.64 bits per heavy atom. The van der Waals surface area contributed by atoms with Gasteiger partial charge < -0.3 is 10.6 Å². The van der Waals surface area contributed by atoms with E-state index in [9.17, 15) is 4.79 Å². The van der Waals surface area contributed by atoms with E-state index in [-0.39, 0.29) is 11.9 Å². The zero-order valence-corrected chi connectivity index (χ0v) is 8.86. The van der Waals surface area contributed by atoms with Crippen LogP contribution < -0.4 is 10.6 Å². The second kappa shape index (κ2) is 4.06. The van der Waals surface area contributed by atoms with Crippen molar-refractivity contribution in [2.45, 2.75) is 25.8 Å². The van der Waals surface area contributed by atoms with Gasteiger partial charge in [0.25, 0.3) is 0 Å². The predicted octanol–water partition coefficient (Wildman–Crippen LogP) is 1.14. The molecule has 1 amide bonds. The maximum absolute atomic E-state index is 11.7. The highest BCUT2D eigenvalue weighted by Gasteiger charge is 2.22. The van der Waals surface area contributed by atoms with Gasteiger partial charge in [0.1, 0.15) is 5.00 Å². The van der Waals surface area contributed by atoms with Crippen LogP contribution in [0.25, 0.3) is 0 Å². The van der Waals surface area contributed by atoms with Crippen LogP contribution in [0.5, 0.6) is 0 Å². The number of hydrogen-bond acceptors (Lipinski definition) is 4. The molecule has 0 saturated carbocycles. The molecule has 2 N–H and O–H groups in total. The summed E-state index contributed by atoms with van der Waals surface area (Å²) in [6.07, 6.45) is 2.02. The highest BCUT2D eigenvalue weighted by Crippen LogP contribution is 2.19. The van der Waals surface area contributed by atoms with Crippen LogP contribution in [-0.4, -0.2) is 23.5 Å². The first kappa shape index (κ1) is 9.61. The Labute approximate surface area is 86.7 Å². The van der Waals surface area contributed by atoms with Crippen molar-refractivity contribution in [3.63, 3.8) is 0 Å². The lowest BCUT2D eigenvalue weighted by Gasteiger charge is -2.09. The Kier molecular flexibility index (Phi) is 2.79. The molecule has 1 aromatic heterocycles. The first-order chi connectivity index (χ1) is 6.77. The van der Waals surface area contributed by atoms with Crippen LogP contribution in [-0.2, 0) is 4.79 Å². The summed E-state index contributed by atoms with van der Waals surface area (Å²) in [5, 5.41) is 6.91. The van der Waals surface area contributed by atoms with Gasteiger partial charge in [-0.1, -0.05) is 0 Å². The Morgan fingerprint density at radius 1 is 1.79 bits per heavy atom. The van der Waals surface area contributed by atoms with E-state index in [1.54, 1.807) is 5.51 Å². The molecule has 0 radical (unpaired) electrons. The Balaban J connectivity index is 1.97. The molecule has 2 rings (SSSR count). The Bertz CT molecular complexity index is 331. The first-order valence-corrected chi connectivity index (χ1v) is 5.59. The van der Waals surface area contributed by atoms with Gasteiger partial charge in [-0.15, -0.1) is 11.3 Å². The Hall–Kier alpha value is -0.940. The number of aryl methyl sites for hydroxylation is 1. The van der Waals surface area contributed by atoms with Crippen LogP contribution in [0.15, 0.2) is 5.51 Å². The van der Waals surface area contributed by atoms with E-state index in [4.69, 9.17) is 0 Å². The number of nitrogens with zero attached hydrogens (tertiary/aromatic N) is 1. The minimum absolute atomic E-state index is 0.0171. The fourth-order valence-corrected chi connectivity index (χ4v) is 2.23.